The van der Waals surface area contributed by atoms with E-state index in [9.17, 15) is 4.79 Å². The first-order valence-corrected chi connectivity index (χ1v) is 11.9. The summed E-state index contributed by atoms with van der Waals surface area (Å²) in [4.78, 5) is 17.4. The Kier molecular flexibility index (Phi) is 10.9. The third-order valence-corrected chi connectivity index (χ3v) is 7.46. The quantitative estimate of drug-likeness (QED) is 0.436. The monoisotopic (exact) mass is 496 g/mol. The summed E-state index contributed by atoms with van der Waals surface area (Å²) in [5.74, 6) is 0.436. The number of carbonyl (C=O) groups excluding carboxylic acids is 1. The molecule has 0 radical (unpaired) electrons. The molecule has 1 aliphatic carbocycles. The van der Waals surface area contributed by atoms with E-state index in [0.717, 1.165) is 19.5 Å². The highest BCUT2D eigenvalue weighted by molar-refractivity contribution is 6.48. The van der Waals surface area contributed by atoms with Gasteiger partial charge in [-0.1, -0.05) is 66.9 Å². The molecule has 1 saturated heterocycles. The van der Waals surface area contributed by atoms with Crippen molar-refractivity contribution in [1.29, 1.82) is 0 Å². The van der Waals surface area contributed by atoms with Crippen molar-refractivity contribution in [3.05, 3.63) is 27.2 Å². The molecule has 1 aromatic carbocycles. The molecule has 4 nitrogen and oxygen atoms in total. The van der Waals surface area contributed by atoms with E-state index in [1.54, 1.807) is 12.1 Å². The van der Waals surface area contributed by atoms with Crippen LogP contribution in [0.2, 0.25) is 15.1 Å². The number of nitrogens with zero attached hydrogens (tertiary/aromatic N) is 2. The zero-order valence-corrected chi connectivity index (χ0v) is 20.6. The number of carbonyl (C=O) groups is 1. The standard InChI is InChI=1S/C22H31Cl3N2O2.ClH/c1-26(21(28)15-29-16-13-17(23)22(25)18(24)14-16)19-9-5-6-10-20(19)27-11-7-3-2-4-8-12-27;/h13-14,19-20H,2-12,15H2,1H3;1H/t19-,20-;/m1./s1. The van der Waals surface area contributed by atoms with Crippen molar-refractivity contribution < 1.29 is 9.53 Å². The van der Waals surface area contributed by atoms with Crippen LogP contribution >= 0.6 is 47.2 Å². The molecule has 2 fully saturated rings. The Labute approximate surface area is 201 Å². The highest BCUT2D eigenvalue weighted by atomic mass is 35.5. The van der Waals surface area contributed by atoms with Crippen molar-refractivity contribution in [3.8, 4) is 5.75 Å². The lowest BCUT2D eigenvalue weighted by atomic mass is 9.87. The van der Waals surface area contributed by atoms with Crippen molar-refractivity contribution in [2.75, 3.05) is 26.7 Å². The van der Waals surface area contributed by atoms with Gasteiger partial charge < -0.3 is 9.64 Å². The maximum Gasteiger partial charge on any atom is 0.260 e. The van der Waals surface area contributed by atoms with E-state index in [-0.39, 0.29) is 31.0 Å². The molecule has 2 aliphatic rings. The highest BCUT2D eigenvalue weighted by Crippen LogP contribution is 2.34. The fraction of sp³-hybridized carbons (Fsp3) is 0.682. The Morgan fingerprint density at radius 3 is 2.20 bits per heavy atom. The second kappa shape index (κ2) is 12.6. The molecule has 0 spiro atoms. The summed E-state index contributed by atoms with van der Waals surface area (Å²) >= 11 is 18.1. The van der Waals surface area contributed by atoms with Crippen molar-refractivity contribution in [1.82, 2.24) is 9.80 Å². The lowest BCUT2D eigenvalue weighted by Crippen LogP contribution is -2.55. The summed E-state index contributed by atoms with van der Waals surface area (Å²) < 4.78 is 5.68. The van der Waals surface area contributed by atoms with Gasteiger partial charge in [0.15, 0.2) is 6.61 Å². The SMILES string of the molecule is CN(C(=O)COc1cc(Cl)c(Cl)c(Cl)c1)[C@@H]1CCCC[C@H]1N1CCCCCCC1.Cl. The van der Waals surface area contributed by atoms with Gasteiger partial charge in [0.05, 0.1) is 15.1 Å². The number of rotatable bonds is 5. The normalized spacial score (nSPS) is 23.1. The fourth-order valence-corrected chi connectivity index (χ4v) is 5.20. The number of ether oxygens (including phenoxy) is 1. The first-order valence-electron chi connectivity index (χ1n) is 10.7. The topological polar surface area (TPSA) is 32.8 Å². The molecule has 0 aromatic heterocycles. The lowest BCUT2D eigenvalue weighted by molar-refractivity contribution is -0.136. The van der Waals surface area contributed by atoms with Crippen LogP contribution in [-0.4, -0.2) is 54.5 Å². The molecule has 170 valence electrons. The number of benzene rings is 1. The molecule has 0 bridgehead atoms. The molecule has 1 saturated carbocycles. The predicted molar refractivity (Wildman–Crippen MR) is 128 cm³/mol. The summed E-state index contributed by atoms with van der Waals surface area (Å²) in [5, 5.41) is 0.932. The van der Waals surface area contributed by atoms with Crippen LogP contribution in [0, 0.1) is 0 Å². The molecule has 8 heteroatoms. The smallest absolute Gasteiger partial charge is 0.260 e. The Morgan fingerprint density at radius 2 is 1.57 bits per heavy atom. The van der Waals surface area contributed by atoms with Crippen LogP contribution in [0.1, 0.15) is 57.8 Å². The molecule has 1 aromatic rings. The van der Waals surface area contributed by atoms with Crippen molar-refractivity contribution in [2.45, 2.75) is 69.9 Å². The number of hydrogen-bond donors (Lipinski definition) is 0. The third-order valence-electron chi connectivity index (χ3n) is 6.26. The average molecular weight is 498 g/mol. The van der Waals surface area contributed by atoms with Gasteiger partial charge in [-0.2, -0.15) is 0 Å². The number of likely N-dealkylation sites (N-methyl/N-ethyl adjacent to an activating group) is 1. The number of likely N-dealkylation sites (tertiary alicyclic amines) is 1. The Hall–Kier alpha value is -0.390. The molecule has 3 rings (SSSR count). The van der Waals surface area contributed by atoms with Crippen LogP contribution in [0.4, 0.5) is 0 Å². The Morgan fingerprint density at radius 1 is 1.00 bits per heavy atom. The van der Waals surface area contributed by atoms with E-state index < -0.39 is 0 Å². The van der Waals surface area contributed by atoms with Gasteiger partial charge in [0.1, 0.15) is 5.75 Å². The minimum absolute atomic E-state index is 0. The Bertz CT molecular complexity index is 673. The van der Waals surface area contributed by atoms with Gasteiger partial charge in [0.25, 0.3) is 5.91 Å². The molecular weight excluding hydrogens is 466 g/mol. The van der Waals surface area contributed by atoms with Gasteiger partial charge in [0.2, 0.25) is 0 Å². The van der Waals surface area contributed by atoms with Crippen LogP contribution in [0.15, 0.2) is 12.1 Å². The average Bonchev–Trinajstić information content (AvgIpc) is 2.69. The number of halogens is 4. The van der Waals surface area contributed by atoms with Gasteiger partial charge in [0, 0.05) is 31.3 Å². The van der Waals surface area contributed by atoms with Crippen molar-refractivity contribution >= 4 is 53.1 Å². The van der Waals surface area contributed by atoms with Gasteiger partial charge in [-0.15, -0.1) is 12.4 Å². The van der Waals surface area contributed by atoms with Gasteiger partial charge >= 0.3 is 0 Å². The first-order chi connectivity index (χ1) is 14.0. The number of hydrogen-bond acceptors (Lipinski definition) is 3. The minimum Gasteiger partial charge on any atom is -0.484 e. The minimum atomic E-state index is -0.0337. The van der Waals surface area contributed by atoms with Crippen LogP contribution < -0.4 is 4.74 Å². The third kappa shape index (κ3) is 6.80. The summed E-state index contributed by atoms with van der Waals surface area (Å²) in [6.07, 6.45) is 11.2. The summed E-state index contributed by atoms with van der Waals surface area (Å²) in [5.41, 5.74) is 0. The second-order valence-corrected chi connectivity index (χ2v) is 9.41. The zero-order valence-electron chi connectivity index (χ0n) is 17.5. The maximum absolute atomic E-state index is 12.9. The lowest BCUT2D eigenvalue weighted by Gasteiger charge is -2.44. The molecular formula is C22H32Cl4N2O2. The fourth-order valence-electron chi connectivity index (χ4n) is 4.62. The largest absolute Gasteiger partial charge is 0.484 e. The van der Waals surface area contributed by atoms with E-state index in [0.29, 0.717) is 26.9 Å². The zero-order chi connectivity index (χ0) is 20.8. The van der Waals surface area contributed by atoms with Gasteiger partial charge in [-0.05, 0) is 38.8 Å². The Balaban J connectivity index is 0.00000320. The van der Waals surface area contributed by atoms with Gasteiger partial charge in [-0.25, -0.2) is 0 Å². The van der Waals surface area contributed by atoms with E-state index in [4.69, 9.17) is 39.5 Å². The van der Waals surface area contributed by atoms with E-state index in [1.807, 2.05) is 11.9 Å². The molecule has 0 unspecified atom stereocenters. The molecule has 2 atom stereocenters. The molecule has 0 N–H and O–H groups in total. The van der Waals surface area contributed by atoms with Crippen molar-refractivity contribution in [2.24, 2.45) is 0 Å². The molecule has 1 aliphatic heterocycles. The van der Waals surface area contributed by atoms with Crippen LogP contribution in [-0.2, 0) is 4.79 Å². The van der Waals surface area contributed by atoms with Crippen LogP contribution in [0.3, 0.4) is 0 Å². The van der Waals surface area contributed by atoms with E-state index >= 15 is 0 Å². The number of amides is 1. The van der Waals surface area contributed by atoms with Crippen molar-refractivity contribution in [3.63, 3.8) is 0 Å². The molecule has 1 heterocycles. The highest BCUT2D eigenvalue weighted by Gasteiger charge is 2.34. The van der Waals surface area contributed by atoms with Gasteiger partial charge in [-0.3, -0.25) is 9.69 Å². The van der Waals surface area contributed by atoms with E-state index in [1.165, 1.54) is 51.4 Å². The van der Waals surface area contributed by atoms with Crippen LogP contribution in [0.25, 0.3) is 0 Å². The first kappa shape index (κ1) is 25.9. The molecule has 1 amide bonds. The predicted octanol–water partition coefficient (Wildman–Crippen LogP) is 6.48. The second-order valence-electron chi connectivity index (χ2n) is 8.22. The maximum atomic E-state index is 12.9. The summed E-state index contributed by atoms with van der Waals surface area (Å²) in [7, 11) is 1.92. The van der Waals surface area contributed by atoms with E-state index in [2.05, 4.69) is 4.90 Å². The van der Waals surface area contributed by atoms with Crippen LogP contribution in [0.5, 0.6) is 5.75 Å². The molecule has 30 heavy (non-hydrogen) atoms. The summed E-state index contributed by atoms with van der Waals surface area (Å²) in [6.45, 7) is 2.27. The summed E-state index contributed by atoms with van der Waals surface area (Å²) in [6, 6.07) is 3.88.